The summed E-state index contributed by atoms with van der Waals surface area (Å²) in [6.07, 6.45) is 0. The Morgan fingerprint density at radius 3 is 2.62 bits per heavy atom. The zero-order valence-corrected chi connectivity index (χ0v) is 10.0. The lowest BCUT2D eigenvalue weighted by Gasteiger charge is -2.08. The molecule has 0 radical (unpaired) electrons. The molecular formula is C11H9Cl2N3. The molecule has 1 aromatic carbocycles. The van der Waals surface area contributed by atoms with Crippen LogP contribution in [0.2, 0.25) is 10.0 Å². The number of nitrogen functional groups attached to an aromatic ring is 1. The van der Waals surface area contributed by atoms with Crippen molar-refractivity contribution < 1.29 is 0 Å². The molecule has 0 saturated carbocycles. The third-order valence-electron chi connectivity index (χ3n) is 2.25. The minimum atomic E-state index is -0.0196. The average Bonchev–Trinajstić information content (AvgIpc) is 2.18. The SMILES string of the molecule is Cc1cc(C(=N)N)c2cc(Cl)cc(Cl)c2n1. The highest BCUT2D eigenvalue weighted by atomic mass is 35.5. The van der Waals surface area contributed by atoms with E-state index in [0.29, 0.717) is 26.5 Å². The van der Waals surface area contributed by atoms with E-state index in [9.17, 15) is 0 Å². The number of hydrogen-bond donors (Lipinski definition) is 2. The van der Waals surface area contributed by atoms with Crippen molar-refractivity contribution in [3.8, 4) is 0 Å². The summed E-state index contributed by atoms with van der Waals surface area (Å²) in [7, 11) is 0. The molecule has 0 spiro atoms. The molecular weight excluding hydrogens is 245 g/mol. The monoisotopic (exact) mass is 253 g/mol. The van der Waals surface area contributed by atoms with E-state index in [2.05, 4.69) is 4.98 Å². The second kappa shape index (κ2) is 3.92. The van der Waals surface area contributed by atoms with Crippen LogP contribution in [0.3, 0.4) is 0 Å². The molecule has 0 fully saturated rings. The molecule has 0 aliphatic heterocycles. The van der Waals surface area contributed by atoms with Gasteiger partial charge in [0.25, 0.3) is 0 Å². The molecule has 16 heavy (non-hydrogen) atoms. The van der Waals surface area contributed by atoms with Gasteiger partial charge >= 0.3 is 0 Å². The van der Waals surface area contributed by atoms with Crippen molar-refractivity contribution in [1.29, 1.82) is 5.41 Å². The van der Waals surface area contributed by atoms with Crippen LogP contribution in [0.4, 0.5) is 0 Å². The molecule has 0 amide bonds. The zero-order valence-electron chi connectivity index (χ0n) is 8.51. The highest BCUT2D eigenvalue weighted by molar-refractivity contribution is 6.38. The largest absolute Gasteiger partial charge is 0.384 e. The number of amidine groups is 1. The van der Waals surface area contributed by atoms with Gasteiger partial charge in [-0.2, -0.15) is 0 Å². The van der Waals surface area contributed by atoms with Gasteiger partial charge in [0.05, 0.1) is 10.5 Å². The van der Waals surface area contributed by atoms with Crippen molar-refractivity contribution >= 4 is 39.9 Å². The Labute approximate surface area is 103 Å². The minimum Gasteiger partial charge on any atom is -0.384 e. The van der Waals surface area contributed by atoms with Gasteiger partial charge in [-0.25, -0.2) is 0 Å². The highest BCUT2D eigenvalue weighted by Gasteiger charge is 2.10. The molecule has 1 heterocycles. The fourth-order valence-corrected chi connectivity index (χ4v) is 2.14. The van der Waals surface area contributed by atoms with Crippen LogP contribution >= 0.6 is 23.2 Å². The predicted molar refractivity (Wildman–Crippen MR) is 67.5 cm³/mol. The number of halogens is 2. The van der Waals surface area contributed by atoms with Gasteiger partial charge in [0.15, 0.2) is 0 Å². The zero-order chi connectivity index (χ0) is 11.9. The van der Waals surface area contributed by atoms with Crippen molar-refractivity contribution in [2.45, 2.75) is 6.92 Å². The molecule has 3 nitrogen and oxygen atoms in total. The van der Waals surface area contributed by atoms with Gasteiger partial charge in [-0.15, -0.1) is 0 Å². The summed E-state index contributed by atoms with van der Waals surface area (Å²) in [5.74, 6) is -0.0196. The van der Waals surface area contributed by atoms with E-state index < -0.39 is 0 Å². The summed E-state index contributed by atoms with van der Waals surface area (Å²) in [4.78, 5) is 4.32. The van der Waals surface area contributed by atoms with Gasteiger partial charge in [-0.3, -0.25) is 10.4 Å². The molecule has 0 atom stereocenters. The number of pyridine rings is 1. The average molecular weight is 254 g/mol. The lowest BCUT2D eigenvalue weighted by atomic mass is 10.1. The number of aryl methyl sites for hydroxylation is 1. The van der Waals surface area contributed by atoms with Gasteiger partial charge in [-0.1, -0.05) is 23.2 Å². The minimum absolute atomic E-state index is 0.0196. The molecule has 0 saturated heterocycles. The summed E-state index contributed by atoms with van der Waals surface area (Å²) < 4.78 is 0. The summed E-state index contributed by atoms with van der Waals surface area (Å²) in [5.41, 5.74) is 7.51. The van der Waals surface area contributed by atoms with Crippen molar-refractivity contribution in [2.75, 3.05) is 0 Å². The molecule has 2 aromatic rings. The standard InChI is InChI=1S/C11H9Cl2N3/c1-5-2-8(11(14)15)7-3-6(12)4-9(13)10(7)16-5/h2-4H,1H3,(H3,14,15). The van der Waals surface area contributed by atoms with Crippen LogP contribution in [-0.4, -0.2) is 10.8 Å². The van der Waals surface area contributed by atoms with E-state index in [1.165, 1.54) is 0 Å². The van der Waals surface area contributed by atoms with E-state index >= 15 is 0 Å². The molecule has 0 aliphatic rings. The second-order valence-corrected chi connectivity index (χ2v) is 4.35. The Hall–Kier alpha value is -1.32. The maximum atomic E-state index is 7.52. The maximum Gasteiger partial charge on any atom is 0.123 e. The number of aromatic nitrogens is 1. The fraction of sp³-hybridized carbons (Fsp3) is 0.0909. The maximum absolute atomic E-state index is 7.52. The van der Waals surface area contributed by atoms with E-state index in [-0.39, 0.29) is 5.84 Å². The lowest BCUT2D eigenvalue weighted by molar-refractivity contribution is 1.24. The summed E-state index contributed by atoms with van der Waals surface area (Å²) >= 11 is 12.0. The number of benzene rings is 1. The summed E-state index contributed by atoms with van der Waals surface area (Å²) in [5, 5.41) is 9.19. The van der Waals surface area contributed by atoms with E-state index in [0.717, 1.165) is 5.69 Å². The van der Waals surface area contributed by atoms with Crippen LogP contribution in [0, 0.1) is 12.3 Å². The normalized spacial score (nSPS) is 10.7. The van der Waals surface area contributed by atoms with Crippen molar-refractivity contribution in [3.05, 3.63) is 39.5 Å². The Bertz CT molecular complexity index is 593. The van der Waals surface area contributed by atoms with Crippen molar-refractivity contribution in [2.24, 2.45) is 5.73 Å². The summed E-state index contributed by atoms with van der Waals surface area (Å²) in [6.45, 7) is 1.83. The Morgan fingerprint density at radius 2 is 2.00 bits per heavy atom. The van der Waals surface area contributed by atoms with Crippen molar-refractivity contribution in [3.63, 3.8) is 0 Å². The number of rotatable bonds is 1. The summed E-state index contributed by atoms with van der Waals surface area (Å²) in [6, 6.07) is 5.09. The molecule has 0 unspecified atom stereocenters. The number of fused-ring (bicyclic) bond motifs is 1. The lowest BCUT2D eigenvalue weighted by Crippen LogP contribution is -2.12. The first kappa shape index (κ1) is 11.2. The quantitative estimate of drug-likeness (QED) is 0.606. The first-order chi connectivity index (χ1) is 7.49. The van der Waals surface area contributed by atoms with E-state index in [1.807, 2.05) is 6.92 Å². The number of nitrogens with one attached hydrogen (secondary N) is 1. The third-order valence-corrected chi connectivity index (χ3v) is 2.76. The Kier molecular flexibility index (Phi) is 2.74. The van der Waals surface area contributed by atoms with E-state index in [1.54, 1.807) is 18.2 Å². The van der Waals surface area contributed by atoms with Gasteiger partial charge in [-0.05, 0) is 25.1 Å². The van der Waals surface area contributed by atoms with Crippen LogP contribution in [0.25, 0.3) is 10.9 Å². The molecule has 1 aromatic heterocycles. The van der Waals surface area contributed by atoms with Crippen LogP contribution in [-0.2, 0) is 0 Å². The predicted octanol–water partition coefficient (Wildman–Crippen LogP) is 3.13. The van der Waals surface area contributed by atoms with Crippen LogP contribution < -0.4 is 5.73 Å². The van der Waals surface area contributed by atoms with Crippen molar-refractivity contribution in [1.82, 2.24) is 4.98 Å². The number of hydrogen-bond acceptors (Lipinski definition) is 2. The fourth-order valence-electron chi connectivity index (χ4n) is 1.60. The molecule has 5 heteroatoms. The van der Waals surface area contributed by atoms with E-state index in [4.69, 9.17) is 34.3 Å². The number of nitrogens with two attached hydrogens (primary N) is 1. The Morgan fingerprint density at radius 1 is 1.31 bits per heavy atom. The van der Waals surface area contributed by atoms with Gasteiger partial charge in [0.1, 0.15) is 5.84 Å². The first-order valence-electron chi connectivity index (χ1n) is 4.60. The van der Waals surface area contributed by atoms with Gasteiger partial charge in [0, 0.05) is 21.7 Å². The molecule has 82 valence electrons. The van der Waals surface area contributed by atoms with Gasteiger partial charge < -0.3 is 5.73 Å². The van der Waals surface area contributed by atoms with Crippen LogP contribution in [0.1, 0.15) is 11.3 Å². The molecule has 3 N–H and O–H groups in total. The molecule has 0 aliphatic carbocycles. The highest BCUT2D eigenvalue weighted by Crippen LogP contribution is 2.29. The second-order valence-electron chi connectivity index (χ2n) is 3.51. The third kappa shape index (κ3) is 1.84. The smallest absolute Gasteiger partial charge is 0.123 e. The van der Waals surface area contributed by atoms with Crippen LogP contribution in [0.5, 0.6) is 0 Å². The Balaban J connectivity index is 2.95. The number of nitrogens with zero attached hydrogens (tertiary/aromatic N) is 1. The first-order valence-corrected chi connectivity index (χ1v) is 5.35. The molecule has 2 rings (SSSR count). The topological polar surface area (TPSA) is 62.8 Å². The van der Waals surface area contributed by atoms with Gasteiger partial charge in [0.2, 0.25) is 0 Å². The van der Waals surface area contributed by atoms with Crippen LogP contribution in [0.15, 0.2) is 18.2 Å². The molecule has 0 bridgehead atoms.